The maximum absolute atomic E-state index is 6.40. The number of rotatable bonds is 7. The third kappa shape index (κ3) is 5.67. The van der Waals surface area contributed by atoms with Gasteiger partial charge in [-0.15, -0.1) is 0 Å². The summed E-state index contributed by atoms with van der Waals surface area (Å²) in [4.78, 5) is 7.26. The standard InChI is InChI=1S/C55H34N2O3/c1-3-10-35(11-4-1)36-18-25-41(26-19-36)57(43-29-22-38(23-30-43)44-15-9-16-46-45-14-7-8-17-48(45)59-54(44)46)42-27-20-37(21-28-42)40-24-31-49-47(34-40)52-50(58-49)32-33-51-53(52)56-55(60-51)39-12-5-2-6-13-39/h1-34H. The Kier molecular flexibility index (Phi) is 7.78. The Morgan fingerprint density at radius 3 is 1.58 bits per heavy atom. The summed E-state index contributed by atoms with van der Waals surface area (Å²) in [5.74, 6) is 0.594. The molecule has 0 radical (unpaired) electrons. The number of benzene rings is 9. The Hall–Kier alpha value is -8.15. The predicted octanol–water partition coefficient (Wildman–Crippen LogP) is 15.8. The highest BCUT2D eigenvalue weighted by molar-refractivity contribution is 6.17. The van der Waals surface area contributed by atoms with E-state index in [0.29, 0.717) is 5.89 Å². The van der Waals surface area contributed by atoms with Gasteiger partial charge in [0.2, 0.25) is 5.89 Å². The van der Waals surface area contributed by atoms with Gasteiger partial charge in [-0.2, -0.15) is 0 Å². The maximum atomic E-state index is 6.40. The molecule has 12 aromatic rings. The monoisotopic (exact) mass is 770 g/mol. The van der Waals surface area contributed by atoms with Gasteiger partial charge in [-0.05, 0) is 107 Å². The predicted molar refractivity (Wildman–Crippen MR) is 245 cm³/mol. The van der Waals surface area contributed by atoms with E-state index in [4.69, 9.17) is 18.2 Å². The lowest BCUT2D eigenvalue weighted by Gasteiger charge is -2.26. The minimum absolute atomic E-state index is 0.594. The van der Waals surface area contributed by atoms with Crippen molar-refractivity contribution in [3.63, 3.8) is 0 Å². The molecule has 282 valence electrons. The van der Waals surface area contributed by atoms with Crippen molar-refractivity contribution >= 4 is 72.0 Å². The number of nitrogens with zero attached hydrogens (tertiary/aromatic N) is 2. The Morgan fingerprint density at radius 2 is 0.867 bits per heavy atom. The number of anilines is 3. The number of para-hydroxylation sites is 2. The molecule has 0 amide bonds. The minimum atomic E-state index is 0.594. The van der Waals surface area contributed by atoms with Crippen LogP contribution in [0.3, 0.4) is 0 Å². The summed E-state index contributed by atoms with van der Waals surface area (Å²) < 4.78 is 19.0. The molecule has 5 nitrogen and oxygen atoms in total. The molecular weight excluding hydrogens is 737 g/mol. The summed E-state index contributed by atoms with van der Waals surface area (Å²) in [6.07, 6.45) is 0. The Morgan fingerprint density at radius 1 is 0.333 bits per heavy atom. The lowest BCUT2D eigenvalue weighted by molar-refractivity contribution is 0.619. The molecule has 0 aliphatic heterocycles. The van der Waals surface area contributed by atoms with E-state index in [1.807, 2.05) is 60.7 Å². The van der Waals surface area contributed by atoms with E-state index in [1.165, 1.54) is 11.1 Å². The van der Waals surface area contributed by atoms with Gasteiger partial charge in [0.05, 0.1) is 5.39 Å². The molecule has 60 heavy (non-hydrogen) atoms. The number of aromatic nitrogens is 1. The summed E-state index contributed by atoms with van der Waals surface area (Å²) in [7, 11) is 0. The molecule has 0 atom stereocenters. The topological polar surface area (TPSA) is 55.6 Å². The van der Waals surface area contributed by atoms with E-state index in [2.05, 4.69) is 150 Å². The van der Waals surface area contributed by atoms with E-state index in [0.717, 1.165) is 99.9 Å². The van der Waals surface area contributed by atoms with Crippen molar-refractivity contribution in [1.82, 2.24) is 4.98 Å². The number of oxazole rings is 1. The van der Waals surface area contributed by atoms with Gasteiger partial charge in [0.25, 0.3) is 0 Å². The Bertz CT molecular complexity index is 3510. The quantitative estimate of drug-likeness (QED) is 0.162. The molecule has 9 aromatic carbocycles. The first kappa shape index (κ1) is 33.9. The van der Waals surface area contributed by atoms with Gasteiger partial charge in [0.15, 0.2) is 5.58 Å². The van der Waals surface area contributed by atoms with Crippen LogP contribution in [0.2, 0.25) is 0 Å². The SMILES string of the molecule is c1ccc(-c2ccc(N(c3ccc(-c4ccc5oc6ccc7oc(-c8ccccc8)nc7c6c5c4)cc3)c3ccc(-c4cccc5c4oc4ccccc45)cc3)cc2)cc1. The first-order valence-corrected chi connectivity index (χ1v) is 20.1. The highest BCUT2D eigenvalue weighted by Gasteiger charge is 2.19. The van der Waals surface area contributed by atoms with Crippen LogP contribution in [0, 0.1) is 0 Å². The highest BCUT2D eigenvalue weighted by Crippen LogP contribution is 2.42. The summed E-state index contributed by atoms with van der Waals surface area (Å²) in [6, 6.07) is 71.7. The van der Waals surface area contributed by atoms with Crippen LogP contribution in [-0.4, -0.2) is 4.98 Å². The first-order valence-electron chi connectivity index (χ1n) is 20.1. The largest absolute Gasteiger partial charge is 0.456 e. The van der Waals surface area contributed by atoms with E-state index in [1.54, 1.807) is 0 Å². The zero-order valence-corrected chi connectivity index (χ0v) is 32.2. The van der Waals surface area contributed by atoms with E-state index >= 15 is 0 Å². The molecule has 0 aliphatic carbocycles. The highest BCUT2D eigenvalue weighted by atomic mass is 16.4. The van der Waals surface area contributed by atoms with Crippen molar-refractivity contribution in [2.75, 3.05) is 4.90 Å². The minimum Gasteiger partial charge on any atom is -0.456 e. The van der Waals surface area contributed by atoms with E-state index < -0.39 is 0 Å². The molecule has 0 unspecified atom stereocenters. The van der Waals surface area contributed by atoms with Crippen LogP contribution in [0.15, 0.2) is 220 Å². The van der Waals surface area contributed by atoms with E-state index in [9.17, 15) is 0 Å². The van der Waals surface area contributed by atoms with Crippen LogP contribution in [0.1, 0.15) is 0 Å². The van der Waals surface area contributed by atoms with Crippen molar-refractivity contribution in [2.45, 2.75) is 0 Å². The molecule has 0 aliphatic rings. The van der Waals surface area contributed by atoms with Gasteiger partial charge in [0, 0.05) is 44.3 Å². The lowest BCUT2D eigenvalue weighted by Crippen LogP contribution is -2.09. The van der Waals surface area contributed by atoms with Crippen molar-refractivity contribution in [3.05, 3.63) is 206 Å². The van der Waals surface area contributed by atoms with Gasteiger partial charge in [-0.3, -0.25) is 0 Å². The average molecular weight is 771 g/mol. The van der Waals surface area contributed by atoms with Crippen molar-refractivity contribution in [3.8, 4) is 44.8 Å². The zero-order chi connectivity index (χ0) is 39.6. The van der Waals surface area contributed by atoms with E-state index in [-0.39, 0.29) is 0 Å². The summed E-state index contributed by atoms with van der Waals surface area (Å²) in [6.45, 7) is 0. The lowest BCUT2D eigenvalue weighted by atomic mass is 10.0. The summed E-state index contributed by atoms with van der Waals surface area (Å²) in [5.41, 5.74) is 15.7. The normalized spacial score (nSPS) is 11.7. The summed E-state index contributed by atoms with van der Waals surface area (Å²) in [5, 5.41) is 4.21. The van der Waals surface area contributed by atoms with Gasteiger partial charge < -0.3 is 18.2 Å². The van der Waals surface area contributed by atoms with Crippen LogP contribution >= 0.6 is 0 Å². The van der Waals surface area contributed by atoms with Gasteiger partial charge in [-0.25, -0.2) is 4.98 Å². The van der Waals surface area contributed by atoms with Crippen molar-refractivity contribution in [1.29, 1.82) is 0 Å². The Balaban J connectivity index is 0.926. The fraction of sp³-hybridized carbons (Fsp3) is 0. The molecule has 0 fully saturated rings. The van der Waals surface area contributed by atoms with Gasteiger partial charge in [0.1, 0.15) is 27.8 Å². The zero-order valence-electron chi connectivity index (χ0n) is 32.2. The number of hydrogen-bond acceptors (Lipinski definition) is 5. The van der Waals surface area contributed by atoms with Crippen LogP contribution in [0.4, 0.5) is 17.1 Å². The molecule has 0 saturated carbocycles. The van der Waals surface area contributed by atoms with Crippen LogP contribution in [0.25, 0.3) is 99.8 Å². The van der Waals surface area contributed by atoms with Crippen LogP contribution in [-0.2, 0) is 0 Å². The molecule has 3 aromatic heterocycles. The molecule has 0 saturated heterocycles. The van der Waals surface area contributed by atoms with Crippen molar-refractivity contribution in [2.24, 2.45) is 0 Å². The molecule has 12 rings (SSSR count). The average Bonchev–Trinajstić information content (AvgIpc) is 4.04. The van der Waals surface area contributed by atoms with Crippen LogP contribution < -0.4 is 4.90 Å². The third-order valence-corrected chi connectivity index (χ3v) is 11.5. The van der Waals surface area contributed by atoms with Crippen molar-refractivity contribution < 1.29 is 13.3 Å². The molecule has 0 bridgehead atoms. The molecule has 0 N–H and O–H groups in total. The Labute approximate surface area is 345 Å². The molecule has 3 heterocycles. The first-order chi connectivity index (χ1) is 29.7. The van der Waals surface area contributed by atoms with Gasteiger partial charge in [-0.1, -0.05) is 127 Å². The molecule has 0 spiro atoms. The fourth-order valence-electron chi connectivity index (χ4n) is 8.59. The maximum Gasteiger partial charge on any atom is 0.227 e. The number of furan rings is 2. The smallest absolute Gasteiger partial charge is 0.227 e. The second-order valence-corrected chi connectivity index (χ2v) is 15.1. The van der Waals surface area contributed by atoms with Gasteiger partial charge >= 0.3 is 0 Å². The third-order valence-electron chi connectivity index (χ3n) is 11.5. The fourth-order valence-corrected chi connectivity index (χ4v) is 8.59. The second-order valence-electron chi connectivity index (χ2n) is 15.1. The molecule has 5 heteroatoms. The summed E-state index contributed by atoms with van der Waals surface area (Å²) >= 11 is 0. The number of hydrogen-bond donors (Lipinski definition) is 0. The molecular formula is C55H34N2O3. The number of fused-ring (bicyclic) bond motifs is 8. The second kappa shape index (κ2) is 13.8. The van der Waals surface area contributed by atoms with Crippen LogP contribution in [0.5, 0.6) is 0 Å².